The lowest BCUT2D eigenvalue weighted by atomic mass is 10.1. The zero-order chi connectivity index (χ0) is 12.4. The Kier molecular flexibility index (Phi) is 9.10. The van der Waals surface area contributed by atoms with Gasteiger partial charge in [-0.1, -0.05) is 24.1 Å². The maximum Gasteiger partial charge on any atom is 0.367 e. The first-order valence-electron chi connectivity index (χ1n) is 5.64. The molecular weight excluding hydrogens is 220 g/mol. The van der Waals surface area contributed by atoms with Crippen molar-refractivity contribution in [2.24, 2.45) is 0 Å². The van der Waals surface area contributed by atoms with Gasteiger partial charge in [-0.05, 0) is 51.5 Å². The van der Waals surface area contributed by atoms with Gasteiger partial charge in [-0.25, -0.2) is 4.79 Å². The highest BCUT2D eigenvalue weighted by atomic mass is 32.2. The second-order valence-electron chi connectivity index (χ2n) is 3.86. The van der Waals surface area contributed by atoms with Crippen molar-refractivity contribution >= 4 is 17.1 Å². The molecule has 0 aliphatic heterocycles. The molecule has 0 radical (unpaired) electrons. The van der Waals surface area contributed by atoms with Crippen LogP contribution in [-0.4, -0.2) is 17.7 Å². The summed E-state index contributed by atoms with van der Waals surface area (Å²) in [4.78, 5) is 11.0. The largest absolute Gasteiger partial charge is 0.453 e. The first kappa shape index (κ1) is 15.3. The molecule has 16 heavy (non-hydrogen) atoms. The smallest absolute Gasteiger partial charge is 0.367 e. The Labute approximate surface area is 103 Å². The molecule has 0 N–H and O–H groups in total. The summed E-state index contributed by atoms with van der Waals surface area (Å²) in [6.45, 7) is 8.60. The van der Waals surface area contributed by atoms with E-state index >= 15 is 0 Å². The first-order valence-corrected chi connectivity index (χ1v) is 6.63. The van der Waals surface area contributed by atoms with Crippen molar-refractivity contribution in [2.75, 3.05) is 12.4 Å². The van der Waals surface area contributed by atoms with Crippen LogP contribution >= 0.6 is 11.8 Å². The van der Waals surface area contributed by atoms with E-state index in [2.05, 4.69) is 26.8 Å². The normalized spacial score (nSPS) is 11.1. The van der Waals surface area contributed by atoms with Crippen molar-refractivity contribution in [1.82, 2.24) is 0 Å². The fourth-order valence-electron chi connectivity index (χ4n) is 1.10. The minimum Gasteiger partial charge on any atom is -0.453 e. The lowest BCUT2D eigenvalue weighted by Gasteiger charge is -2.01. The molecule has 0 saturated heterocycles. The molecule has 0 aliphatic rings. The SMILES string of the molecule is CCSC(=O)OC/C=C(\C)CCC=C(C)C. The predicted octanol–water partition coefficient (Wildman–Crippen LogP) is 4.57. The van der Waals surface area contributed by atoms with Crippen LogP contribution in [0, 0.1) is 0 Å². The van der Waals surface area contributed by atoms with Crippen LogP contribution in [0.5, 0.6) is 0 Å². The van der Waals surface area contributed by atoms with E-state index in [4.69, 9.17) is 4.74 Å². The molecule has 0 spiro atoms. The van der Waals surface area contributed by atoms with Gasteiger partial charge in [0.2, 0.25) is 0 Å². The monoisotopic (exact) mass is 242 g/mol. The molecule has 0 unspecified atom stereocenters. The maximum atomic E-state index is 11.0. The minimum atomic E-state index is -0.184. The third-order valence-electron chi connectivity index (χ3n) is 1.99. The van der Waals surface area contributed by atoms with E-state index in [1.165, 1.54) is 22.9 Å². The Balaban J connectivity index is 3.70. The van der Waals surface area contributed by atoms with E-state index in [9.17, 15) is 4.79 Å². The molecule has 0 aromatic rings. The Bertz CT molecular complexity index is 263. The quantitative estimate of drug-likeness (QED) is 0.504. The van der Waals surface area contributed by atoms with Gasteiger partial charge in [0.15, 0.2) is 0 Å². The third-order valence-corrected chi connectivity index (χ3v) is 2.63. The summed E-state index contributed by atoms with van der Waals surface area (Å²) in [7, 11) is 0. The van der Waals surface area contributed by atoms with Crippen LogP contribution in [0.2, 0.25) is 0 Å². The number of hydrogen-bond acceptors (Lipinski definition) is 3. The molecule has 0 fully saturated rings. The number of ether oxygens (including phenoxy) is 1. The average Bonchev–Trinajstić information content (AvgIpc) is 2.17. The third kappa shape index (κ3) is 9.84. The summed E-state index contributed by atoms with van der Waals surface area (Å²) in [5, 5.41) is -0.184. The standard InChI is InChI=1S/C13H22O2S/c1-5-16-13(14)15-10-9-12(4)8-6-7-11(2)3/h7,9H,5-6,8,10H2,1-4H3/b12-9+. The van der Waals surface area contributed by atoms with E-state index in [1.54, 1.807) is 0 Å². The van der Waals surface area contributed by atoms with Crippen LogP contribution in [0.15, 0.2) is 23.3 Å². The highest BCUT2D eigenvalue weighted by Gasteiger charge is 1.99. The molecule has 2 nitrogen and oxygen atoms in total. The average molecular weight is 242 g/mol. The van der Waals surface area contributed by atoms with Gasteiger partial charge < -0.3 is 4.74 Å². The zero-order valence-electron chi connectivity index (χ0n) is 10.7. The van der Waals surface area contributed by atoms with Gasteiger partial charge in [0.1, 0.15) is 6.61 Å². The Hall–Kier alpha value is -0.700. The van der Waals surface area contributed by atoms with Crippen LogP contribution in [0.25, 0.3) is 0 Å². The number of carbonyl (C=O) groups excluding carboxylic acids is 1. The van der Waals surface area contributed by atoms with Crippen molar-refractivity contribution in [3.8, 4) is 0 Å². The van der Waals surface area contributed by atoms with Gasteiger partial charge in [-0.2, -0.15) is 0 Å². The molecule has 0 rings (SSSR count). The maximum absolute atomic E-state index is 11.0. The van der Waals surface area contributed by atoms with E-state index in [0.717, 1.165) is 18.6 Å². The molecule has 0 bridgehead atoms. The van der Waals surface area contributed by atoms with Crippen molar-refractivity contribution in [3.05, 3.63) is 23.3 Å². The summed E-state index contributed by atoms with van der Waals surface area (Å²) < 4.78 is 5.01. The highest BCUT2D eigenvalue weighted by molar-refractivity contribution is 8.13. The van der Waals surface area contributed by atoms with Gasteiger partial charge >= 0.3 is 5.30 Å². The van der Waals surface area contributed by atoms with Crippen LogP contribution in [-0.2, 0) is 4.74 Å². The van der Waals surface area contributed by atoms with E-state index in [-0.39, 0.29) is 5.30 Å². The fourth-order valence-corrected chi connectivity index (χ4v) is 1.49. The Morgan fingerprint density at radius 1 is 1.25 bits per heavy atom. The van der Waals surface area contributed by atoms with Crippen LogP contribution in [0.1, 0.15) is 40.5 Å². The van der Waals surface area contributed by atoms with Gasteiger partial charge in [0, 0.05) is 5.75 Å². The number of carbonyl (C=O) groups is 1. The van der Waals surface area contributed by atoms with Crippen molar-refractivity contribution in [3.63, 3.8) is 0 Å². The summed E-state index contributed by atoms with van der Waals surface area (Å²) in [5.74, 6) is 0.766. The van der Waals surface area contributed by atoms with E-state index in [1.807, 2.05) is 13.0 Å². The minimum absolute atomic E-state index is 0.184. The lowest BCUT2D eigenvalue weighted by Crippen LogP contribution is -1.98. The molecule has 0 amide bonds. The van der Waals surface area contributed by atoms with E-state index in [0.29, 0.717) is 6.61 Å². The van der Waals surface area contributed by atoms with Crippen molar-refractivity contribution in [1.29, 1.82) is 0 Å². The molecule has 0 aromatic heterocycles. The van der Waals surface area contributed by atoms with Gasteiger partial charge in [-0.3, -0.25) is 0 Å². The van der Waals surface area contributed by atoms with E-state index < -0.39 is 0 Å². The van der Waals surface area contributed by atoms with Gasteiger partial charge in [0.05, 0.1) is 0 Å². The fraction of sp³-hybridized carbons (Fsp3) is 0.615. The topological polar surface area (TPSA) is 26.3 Å². The predicted molar refractivity (Wildman–Crippen MR) is 71.9 cm³/mol. The number of allylic oxidation sites excluding steroid dienone is 3. The first-order chi connectivity index (χ1) is 7.56. The van der Waals surface area contributed by atoms with Gasteiger partial charge in [0.25, 0.3) is 0 Å². The number of hydrogen-bond donors (Lipinski definition) is 0. The number of thioether (sulfide) groups is 1. The summed E-state index contributed by atoms with van der Waals surface area (Å²) in [5.41, 5.74) is 2.62. The molecule has 0 aliphatic carbocycles. The summed E-state index contributed by atoms with van der Waals surface area (Å²) in [6.07, 6.45) is 6.29. The van der Waals surface area contributed by atoms with Crippen LogP contribution < -0.4 is 0 Å². The van der Waals surface area contributed by atoms with Gasteiger partial charge in [-0.15, -0.1) is 0 Å². The molecule has 0 saturated carbocycles. The molecule has 0 aromatic carbocycles. The number of rotatable bonds is 6. The Morgan fingerprint density at radius 2 is 1.94 bits per heavy atom. The molecular formula is C13H22O2S. The molecule has 92 valence electrons. The highest BCUT2D eigenvalue weighted by Crippen LogP contribution is 2.08. The zero-order valence-corrected chi connectivity index (χ0v) is 11.5. The lowest BCUT2D eigenvalue weighted by molar-refractivity contribution is 0.187. The molecule has 3 heteroatoms. The molecule has 0 atom stereocenters. The summed E-state index contributed by atoms with van der Waals surface area (Å²) >= 11 is 1.20. The Morgan fingerprint density at radius 3 is 2.50 bits per heavy atom. The second-order valence-corrected chi connectivity index (χ2v) is 5.06. The van der Waals surface area contributed by atoms with Crippen molar-refractivity contribution < 1.29 is 9.53 Å². The molecule has 0 heterocycles. The summed E-state index contributed by atoms with van der Waals surface area (Å²) in [6, 6.07) is 0. The van der Waals surface area contributed by atoms with Crippen LogP contribution in [0.3, 0.4) is 0 Å². The second kappa shape index (κ2) is 9.52. The van der Waals surface area contributed by atoms with Crippen LogP contribution in [0.4, 0.5) is 4.79 Å². The van der Waals surface area contributed by atoms with Crippen molar-refractivity contribution in [2.45, 2.75) is 40.5 Å².